The van der Waals surface area contributed by atoms with Gasteiger partial charge in [-0.05, 0) is 26.7 Å². The van der Waals surface area contributed by atoms with Crippen molar-refractivity contribution in [1.29, 1.82) is 0 Å². The van der Waals surface area contributed by atoms with Crippen molar-refractivity contribution in [3.8, 4) is 0 Å². The maximum Gasteiger partial charge on any atom is 0.417 e. The number of amides is 3. The van der Waals surface area contributed by atoms with E-state index >= 15 is 0 Å². The number of cyclic esters (lactones) is 1. The van der Waals surface area contributed by atoms with E-state index in [1.54, 1.807) is 4.90 Å². The molecule has 3 rings (SSSR count). The summed E-state index contributed by atoms with van der Waals surface area (Å²) in [4.78, 5) is 38.4. The van der Waals surface area contributed by atoms with Crippen LogP contribution in [0.15, 0.2) is 4.52 Å². The Hall–Kier alpha value is -2.38. The molecule has 0 bridgehead atoms. The third kappa shape index (κ3) is 2.93. The monoisotopic (exact) mass is 321 g/mol. The summed E-state index contributed by atoms with van der Waals surface area (Å²) in [6, 6.07) is -0.277. The van der Waals surface area contributed by atoms with Gasteiger partial charge in [0.2, 0.25) is 5.91 Å². The van der Waals surface area contributed by atoms with Crippen LogP contribution in [0.25, 0.3) is 0 Å². The Morgan fingerprint density at radius 2 is 2.13 bits per heavy atom. The van der Waals surface area contributed by atoms with Gasteiger partial charge in [-0.15, -0.1) is 0 Å². The van der Waals surface area contributed by atoms with Gasteiger partial charge in [-0.25, -0.2) is 9.69 Å². The second-order valence-electron chi connectivity index (χ2n) is 5.90. The fraction of sp³-hybridized carbons (Fsp3) is 0.600. The molecule has 0 aliphatic carbocycles. The van der Waals surface area contributed by atoms with Crippen LogP contribution in [-0.2, 0) is 20.7 Å². The topological polar surface area (TPSA) is 93.0 Å². The lowest BCUT2D eigenvalue weighted by Crippen LogP contribution is -2.42. The van der Waals surface area contributed by atoms with Crippen molar-refractivity contribution < 1.29 is 23.6 Å². The normalized spacial score (nSPS) is 21.2. The molecule has 0 N–H and O–H groups in total. The molecule has 23 heavy (non-hydrogen) atoms. The highest BCUT2D eigenvalue weighted by molar-refractivity contribution is 5.98. The number of hydrogen-bond acceptors (Lipinski definition) is 6. The van der Waals surface area contributed by atoms with E-state index in [1.165, 1.54) is 0 Å². The summed E-state index contributed by atoms with van der Waals surface area (Å²) < 4.78 is 9.82. The van der Waals surface area contributed by atoms with Crippen molar-refractivity contribution >= 4 is 17.9 Å². The lowest BCUT2D eigenvalue weighted by molar-refractivity contribution is -0.131. The van der Waals surface area contributed by atoms with E-state index in [0.29, 0.717) is 32.4 Å². The molecule has 124 valence electrons. The number of nitrogens with zero attached hydrogens (tertiary/aromatic N) is 3. The smallest absolute Gasteiger partial charge is 0.417 e. The first-order valence-corrected chi connectivity index (χ1v) is 7.65. The van der Waals surface area contributed by atoms with Gasteiger partial charge in [0.05, 0.1) is 11.7 Å². The molecule has 2 aliphatic heterocycles. The summed E-state index contributed by atoms with van der Waals surface area (Å²) in [6.45, 7) is 4.40. The Bertz CT molecular complexity index is 618. The Balaban J connectivity index is 1.55. The van der Waals surface area contributed by atoms with Gasteiger partial charge in [0.1, 0.15) is 5.76 Å². The maximum atomic E-state index is 12.3. The highest BCUT2D eigenvalue weighted by atomic mass is 16.6. The van der Waals surface area contributed by atoms with E-state index in [1.807, 2.05) is 13.8 Å². The molecular weight excluding hydrogens is 302 g/mol. The van der Waals surface area contributed by atoms with Crippen molar-refractivity contribution in [2.24, 2.45) is 0 Å². The Labute approximate surface area is 133 Å². The molecule has 2 saturated heterocycles. The number of imide groups is 1. The summed E-state index contributed by atoms with van der Waals surface area (Å²) in [5.74, 6) is 0.414. The molecule has 3 amide bonds. The molecule has 1 atom stereocenters. The van der Waals surface area contributed by atoms with Crippen LogP contribution in [0.5, 0.6) is 0 Å². The van der Waals surface area contributed by atoms with E-state index in [9.17, 15) is 14.4 Å². The van der Waals surface area contributed by atoms with Crippen molar-refractivity contribution in [2.45, 2.75) is 39.2 Å². The van der Waals surface area contributed by atoms with Crippen LogP contribution >= 0.6 is 0 Å². The molecule has 2 fully saturated rings. The van der Waals surface area contributed by atoms with E-state index in [4.69, 9.17) is 9.26 Å². The second kappa shape index (κ2) is 6.02. The SMILES string of the molecule is Cc1noc(C)c1CCC(=O)N1CC[C@H](N2C(=O)COC2=O)C1. The summed E-state index contributed by atoms with van der Waals surface area (Å²) in [6.07, 6.45) is 0.919. The number of rotatable bonds is 4. The largest absolute Gasteiger partial charge is 0.439 e. The van der Waals surface area contributed by atoms with Crippen LogP contribution in [0, 0.1) is 13.8 Å². The predicted molar refractivity (Wildman–Crippen MR) is 77.5 cm³/mol. The van der Waals surface area contributed by atoms with Gasteiger partial charge in [0.15, 0.2) is 6.61 Å². The number of aryl methyl sites for hydroxylation is 2. The number of ether oxygens (including phenoxy) is 1. The van der Waals surface area contributed by atoms with Crippen LogP contribution in [0.2, 0.25) is 0 Å². The molecule has 1 aromatic rings. The molecule has 8 nitrogen and oxygen atoms in total. The van der Waals surface area contributed by atoms with E-state index < -0.39 is 6.09 Å². The summed E-state index contributed by atoms with van der Waals surface area (Å²) in [5, 5.41) is 3.88. The van der Waals surface area contributed by atoms with Crippen LogP contribution in [-0.4, -0.2) is 58.6 Å². The highest BCUT2D eigenvalue weighted by Gasteiger charge is 2.41. The summed E-state index contributed by atoms with van der Waals surface area (Å²) in [5.41, 5.74) is 1.77. The number of carbonyl (C=O) groups is 3. The first-order valence-electron chi connectivity index (χ1n) is 7.65. The maximum absolute atomic E-state index is 12.3. The van der Waals surface area contributed by atoms with Crippen LogP contribution < -0.4 is 0 Å². The number of hydrogen-bond donors (Lipinski definition) is 0. The van der Waals surface area contributed by atoms with Crippen molar-refractivity contribution in [3.05, 3.63) is 17.0 Å². The lowest BCUT2D eigenvalue weighted by atomic mass is 10.1. The van der Waals surface area contributed by atoms with Crippen LogP contribution in [0.4, 0.5) is 4.79 Å². The highest BCUT2D eigenvalue weighted by Crippen LogP contribution is 2.21. The van der Waals surface area contributed by atoms with Gasteiger partial charge >= 0.3 is 6.09 Å². The van der Waals surface area contributed by atoms with Gasteiger partial charge in [-0.1, -0.05) is 5.16 Å². The minimum Gasteiger partial charge on any atom is -0.439 e. The molecule has 1 aromatic heterocycles. The molecule has 0 radical (unpaired) electrons. The number of aromatic nitrogens is 1. The van der Waals surface area contributed by atoms with Gasteiger partial charge in [0, 0.05) is 25.1 Å². The third-order valence-corrected chi connectivity index (χ3v) is 4.44. The van der Waals surface area contributed by atoms with Gasteiger partial charge < -0.3 is 14.2 Å². The van der Waals surface area contributed by atoms with Crippen molar-refractivity contribution in [2.75, 3.05) is 19.7 Å². The molecule has 0 unspecified atom stereocenters. The standard InChI is InChI=1S/C15H19N3O5/c1-9-12(10(2)23-16-9)3-4-13(19)17-6-5-11(7-17)18-14(20)8-22-15(18)21/h11H,3-8H2,1-2H3/t11-/m0/s1. The molecular formula is C15H19N3O5. The van der Waals surface area contributed by atoms with Crippen molar-refractivity contribution in [3.63, 3.8) is 0 Å². The average Bonchev–Trinajstić information content (AvgIpc) is 3.19. The van der Waals surface area contributed by atoms with E-state index in [-0.39, 0.29) is 24.5 Å². The lowest BCUT2D eigenvalue weighted by Gasteiger charge is -2.20. The Morgan fingerprint density at radius 1 is 1.35 bits per heavy atom. The van der Waals surface area contributed by atoms with E-state index in [0.717, 1.165) is 21.9 Å². The first-order chi connectivity index (χ1) is 11.0. The van der Waals surface area contributed by atoms with Crippen LogP contribution in [0.3, 0.4) is 0 Å². The summed E-state index contributed by atoms with van der Waals surface area (Å²) >= 11 is 0. The molecule has 0 saturated carbocycles. The van der Waals surface area contributed by atoms with E-state index in [2.05, 4.69) is 5.16 Å². The zero-order valence-corrected chi connectivity index (χ0v) is 13.2. The molecule has 8 heteroatoms. The van der Waals surface area contributed by atoms with Crippen LogP contribution in [0.1, 0.15) is 29.9 Å². The molecule has 2 aliphatic rings. The molecule has 0 spiro atoms. The average molecular weight is 321 g/mol. The number of carbonyl (C=O) groups excluding carboxylic acids is 3. The molecule has 0 aromatic carbocycles. The summed E-state index contributed by atoms with van der Waals surface area (Å²) in [7, 11) is 0. The van der Waals surface area contributed by atoms with Gasteiger partial charge in [-0.3, -0.25) is 9.59 Å². The zero-order chi connectivity index (χ0) is 16.6. The fourth-order valence-corrected chi connectivity index (χ4v) is 3.15. The van der Waals surface area contributed by atoms with Gasteiger partial charge in [-0.2, -0.15) is 0 Å². The minimum atomic E-state index is -0.606. The Morgan fingerprint density at radius 3 is 2.74 bits per heavy atom. The van der Waals surface area contributed by atoms with Gasteiger partial charge in [0.25, 0.3) is 5.91 Å². The number of likely N-dealkylation sites (tertiary alicyclic amines) is 1. The fourth-order valence-electron chi connectivity index (χ4n) is 3.15. The quantitative estimate of drug-likeness (QED) is 0.814. The predicted octanol–water partition coefficient (Wildman–Crippen LogP) is 0.804. The van der Waals surface area contributed by atoms with Crippen molar-refractivity contribution in [1.82, 2.24) is 15.0 Å². The first kappa shape index (κ1) is 15.5. The zero-order valence-electron chi connectivity index (χ0n) is 13.2. The molecule has 3 heterocycles. The Kier molecular flexibility index (Phi) is 4.06. The second-order valence-corrected chi connectivity index (χ2v) is 5.90. The minimum absolute atomic E-state index is 0.00696. The third-order valence-electron chi connectivity index (χ3n) is 4.44.